The molecule has 1 amide bonds. The first-order valence-electron chi connectivity index (χ1n) is 7.87. The van der Waals surface area contributed by atoms with E-state index in [1.54, 1.807) is 0 Å². The Balaban J connectivity index is 1.69. The van der Waals surface area contributed by atoms with E-state index in [0.717, 1.165) is 18.5 Å². The summed E-state index contributed by atoms with van der Waals surface area (Å²) in [7, 11) is 0. The highest BCUT2D eigenvalue weighted by molar-refractivity contribution is 5.70. The van der Waals surface area contributed by atoms with Crippen molar-refractivity contribution in [3.05, 3.63) is 35.9 Å². The molecule has 4 atom stereocenters. The smallest absolute Gasteiger partial charge is 0.410 e. The molecule has 3 fully saturated rings. The van der Waals surface area contributed by atoms with Crippen LogP contribution in [-0.2, 0) is 4.74 Å². The lowest BCUT2D eigenvalue weighted by molar-refractivity contribution is -0.0401. The fraction of sp³-hybridized carbons (Fsp3) is 0.588. The quantitative estimate of drug-likeness (QED) is 0.778. The van der Waals surface area contributed by atoms with Gasteiger partial charge in [-0.15, -0.1) is 0 Å². The number of hydrogen-bond donors (Lipinski definition) is 0. The first-order chi connectivity index (χ1) is 9.84. The predicted molar refractivity (Wildman–Crippen MR) is 76.2 cm³/mol. The van der Waals surface area contributed by atoms with Crippen molar-refractivity contribution in [2.75, 3.05) is 6.54 Å². The van der Waals surface area contributed by atoms with E-state index in [2.05, 4.69) is 12.1 Å². The third-order valence-electron chi connectivity index (χ3n) is 5.36. The van der Waals surface area contributed by atoms with Gasteiger partial charge in [0.25, 0.3) is 0 Å². The molecule has 0 N–H and O–H groups in total. The second-order valence-corrected chi connectivity index (χ2v) is 6.40. The third kappa shape index (κ3) is 1.83. The number of rotatable bonds is 1. The van der Waals surface area contributed by atoms with Crippen LogP contribution in [0.3, 0.4) is 0 Å². The summed E-state index contributed by atoms with van der Waals surface area (Å²) >= 11 is 0. The maximum absolute atomic E-state index is 12.4. The second kappa shape index (κ2) is 4.80. The summed E-state index contributed by atoms with van der Waals surface area (Å²) < 4.78 is 5.81. The number of carbonyl (C=O) groups is 1. The van der Waals surface area contributed by atoms with E-state index < -0.39 is 0 Å². The van der Waals surface area contributed by atoms with Gasteiger partial charge in [0.05, 0.1) is 0 Å². The molecule has 2 saturated heterocycles. The Kier molecular flexibility index (Phi) is 2.94. The number of benzene rings is 1. The summed E-state index contributed by atoms with van der Waals surface area (Å²) in [6.07, 6.45) is 6.00. The van der Waals surface area contributed by atoms with Crippen LogP contribution in [0, 0.1) is 11.8 Å². The summed E-state index contributed by atoms with van der Waals surface area (Å²) in [6.45, 7) is 0.887. The van der Waals surface area contributed by atoms with Crippen LogP contribution in [0.15, 0.2) is 30.3 Å². The SMILES string of the molecule is O=C1O[C@H](c2ccccc2)[C@H]2CC[C@H]3CCCCN1C32. The van der Waals surface area contributed by atoms with Crippen LogP contribution in [-0.4, -0.2) is 23.6 Å². The minimum absolute atomic E-state index is 0.0342. The fourth-order valence-corrected chi connectivity index (χ4v) is 4.50. The van der Waals surface area contributed by atoms with E-state index in [4.69, 9.17) is 4.74 Å². The molecule has 3 heteroatoms. The zero-order chi connectivity index (χ0) is 13.5. The summed E-state index contributed by atoms with van der Waals surface area (Å²) in [5.74, 6) is 1.18. The molecule has 3 nitrogen and oxygen atoms in total. The Bertz CT molecular complexity index is 501. The summed E-state index contributed by atoms with van der Waals surface area (Å²) in [5.41, 5.74) is 1.16. The van der Waals surface area contributed by atoms with E-state index in [-0.39, 0.29) is 12.2 Å². The molecular formula is C17H21NO2. The van der Waals surface area contributed by atoms with Crippen LogP contribution in [0.5, 0.6) is 0 Å². The molecule has 2 aliphatic heterocycles. The molecular weight excluding hydrogens is 250 g/mol. The van der Waals surface area contributed by atoms with Crippen LogP contribution in [0.1, 0.15) is 43.8 Å². The largest absolute Gasteiger partial charge is 0.441 e. The molecule has 0 aromatic heterocycles. The van der Waals surface area contributed by atoms with Gasteiger partial charge in [-0.3, -0.25) is 0 Å². The Morgan fingerprint density at radius 2 is 1.90 bits per heavy atom. The molecule has 0 radical (unpaired) electrons. The highest BCUT2D eigenvalue weighted by Gasteiger charge is 2.51. The highest BCUT2D eigenvalue weighted by atomic mass is 16.6. The molecule has 1 unspecified atom stereocenters. The molecule has 2 heterocycles. The average molecular weight is 271 g/mol. The maximum atomic E-state index is 12.4. The van der Waals surface area contributed by atoms with Gasteiger partial charge in [0.1, 0.15) is 6.10 Å². The van der Waals surface area contributed by atoms with Crippen LogP contribution in [0.25, 0.3) is 0 Å². The molecule has 4 rings (SSSR count). The Morgan fingerprint density at radius 3 is 2.75 bits per heavy atom. The molecule has 0 bridgehead atoms. The third-order valence-corrected chi connectivity index (χ3v) is 5.36. The molecule has 1 aliphatic carbocycles. The Labute approximate surface area is 119 Å². The lowest BCUT2D eigenvalue weighted by Gasteiger charge is -2.42. The zero-order valence-corrected chi connectivity index (χ0v) is 11.7. The van der Waals surface area contributed by atoms with Crippen molar-refractivity contribution in [3.63, 3.8) is 0 Å². The number of nitrogens with zero attached hydrogens (tertiary/aromatic N) is 1. The first kappa shape index (κ1) is 12.2. The van der Waals surface area contributed by atoms with E-state index in [9.17, 15) is 4.79 Å². The van der Waals surface area contributed by atoms with Crippen LogP contribution in [0.2, 0.25) is 0 Å². The van der Waals surface area contributed by atoms with E-state index in [1.165, 1.54) is 25.7 Å². The van der Waals surface area contributed by atoms with Gasteiger partial charge in [-0.05, 0) is 37.2 Å². The second-order valence-electron chi connectivity index (χ2n) is 6.40. The average Bonchev–Trinajstić information content (AvgIpc) is 2.77. The molecule has 20 heavy (non-hydrogen) atoms. The summed E-state index contributed by atoms with van der Waals surface area (Å²) in [5, 5.41) is 0. The maximum Gasteiger partial charge on any atom is 0.410 e. The molecule has 1 aromatic carbocycles. The van der Waals surface area contributed by atoms with Gasteiger partial charge >= 0.3 is 6.09 Å². The Morgan fingerprint density at radius 1 is 1.05 bits per heavy atom. The van der Waals surface area contributed by atoms with Gasteiger partial charge in [-0.2, -0.15) is 0 Å². The minimum atomic E-state index is -0.0890. The molecule has 106 valence electrons. The monoisotopic (exact) mass is 271 g/mol. The number of carbonyl (C=O) groups excluding carboxylic acids is 1. The van der Waals surface area contributed by atoms with Crippen LogP contribution < -0.4 is 0 Å². The van der Waals surface area contributed by atoms with Crippen molar-refractivity contribution >= 4 is 6.09 Å². The van der Waals surface area contributed by atoms with Crippen molar-refractivity contribution in [2.24, 2.45) is 11.8 Å². The fourth-order valence-electron chi connectivity index (χ4n) is 4.50. The van der Waals surface area contributed by atoms with Gasteiger partial charge < -0.3 is 9.64 Å². The molecule has 1 saturated carbocycles. The van der Waals surface area contributed by atoms with Crippen LogP contribution in [0.4, 0.5) is 4.79 Å². The lowest BCUT2D eigenvalue weighted by Crippen LogP contribution is -2.51. The van der Waals surface area contributed by atoms with Crippen molar-refractivity contribution < 1.29 is 9.53 Å². The van der Waals surface area contributed by atoms with E-state index in [0.29, 0.717) is 17.9 Å². The summed E-state index contributed by atoms with van der Waals surface area (Å²) in [4.78, 5) is 14.4. The number of ether oxygens (including phenoxy) is 1. The predicted octanol–water partition coefficient (Wildman–Crippen LogP) is 3.76. The number of amides is 1. The zero-order valence-electron chi connectivity index (χ0n) is 11.7. The van der Waals surface area contributed by atoms with Crippen molar-refractivity contribution in [1.82, 2.24) is 4.90 Å². The van der Waals surface area contributed by atoms with Crippen molar-refractivity contribution in [2.45, 2.75) is 44.2 Å². The van der Waals surface area contributed by atoms with E-state index >= 15 is 0 Å². The van der Waals surface area contributed by atoms with Gasteiger partial charge in [-0.25, -0.2) is 4.79 Å². The van der Waals surface area contributed by atoms with Crippen molar-refractivity contribution in [1.29, 1.82) is 0 Å². The number of cyclic esters (lactones) is 1. The lowest BCUT2D eigenvalue weighted by atomic mass is 9.86. The van der Waals surface area contributed by atoms with Crippen LogP contribution >= 0.6 is 0 Å². The Hall–Kier alpha value is -1.51. The normalized spacial score (nSPS) is 36.2. The molecule has 3 aliphatic rings. The van der Waals surface area contributed by atoms with Crippen molar-refractivity contribution in [3.8, 4) is 0 Å². The van der Waals surface area contributed by atoms with Gasteiger partial charge in [-0.1, -0.05) is 36.8 Å². The molecule has 0 spiro atoms. The highest BCUT2D eigenvalue weighted by Crippen LogP contribution is 2.49. The standard InChI is InChI=1S/C17H21NO2/c19-17-18-11-5-4-6-12-9-10-14(15(12)18)16(20-17)13-7-2-1-3-8-13/h1-3,7-8,12,14-16H,4-6,9-11H2/t12-,14+,15?,16-/m1/s1. The van der Waals surface area contributed by atoms with E-state index in [1.807, 2.05) is 23.1 Å². The molecule has 1 aromatic rings. The van der Waals surface area contributed by atoms with Gasteiger partial charge in [0.15, 0.2) is 0 Å². The topological polar surface area (TPSA) is 29.5 Å². The van der Waals surface area contributed by atoms with Gasteiger partial charge in [0.2, 0.25) is 0 Å². The number of hydrogen-bond acceptors (Lipinski definition) is 2. The minimum Gasteiger partial charge on any atom is -0.441 e. The van der Waals surface area contributed by atoms with Gasteiger partial charge in [0, 0.05) is 18.5 Å². The summed E-state index contributed by atoms with van der Waals surface area (Å²) in [6, 6.07) is 10.7. The first-order valence-corrected chi connectivity index (χ1v) is 7.87.